The zero-order valence-corrected chi connectivity index (χ0v) is 17.0. The summed E-state index contributed by atoms with van der Waals surface area (Å²) in [6.45, 7) is 0. The molecule has 0 spiro atoms. The van der Waals surface area contributed by atoms with Gasteiger partial charge in [-0.2, -0.15) is 0 Å². The van der Waals surface area contributed by atoms with Crippen LogP contribution in [0.3, 0.4) is 0 Å². The van der Waals surface area contributed by atoms with Crippen LogP contribution in [0, 0.1) is 0 Å². The normalized spacial score (nSPS) is 10.7. The Morgan fingerprint density at radius 3 is 2.16 bits per heavy atom. The number of carboxylic acid groups (broad SMARTS) is 1. The molecule has 0 fully saturated rings. The van der Waals surface area contributed by atoms with Gasteiger partial charge in [-0.25, -0.2) is 4.79 Å². The van der Waals surface area contributed by atoms with Crippen molar-refractivity contribution in [2.45, 2.75) is 0 Å². The molecule has 5 rings (SSSR count). The summed E-state index contributed by atoms with van der Waals surface area (Å²) in [5, 5.41) is 21.7. The van der Waals surface area contributed by atoms with Crippen LogP contribution in [0.1, 0.15) is 20.7 Å². The molecule has 160 valence electrons. The van der Waals surface area contributed by atoms with E-state index in [1.807, 2.05) is 42.5 Å². The van der Waals surface area contributed by atoms with Crippen LogP contribution in [0.4, 0.5) is 0 Å². The summed E-state index contributed by atoms with van der Waals surface area (Å²) in [6, 6.07) is 21.3. The van der Waals surface area contributed by atoms with Crippen LogP contribution in [0.2, 0.25) is 0 Å². The minimum Gasteiger partial charge on any atom is -0.507 e. The van der Waals surface area contributed by atoms with E-state index in [0.29, 0.717) is 16.9 Å². The highest BCUT2D eigenvalue weighted by molar-refractivity contribution is 6.08. The molecule has 32 heavy (non-hydrogen) atoms. The summed E-state index contributed by atoms with van der Waals surface area (Å²) in [6.07, 6.45) is 0. The van der Waals surface area contributed by atoms with Crippen LogP contribution in [-0.2, 0) is 0 Å². The van der Waals surface area contributed by atoms with E-state index >= 15 is 0 Å². The van der Waals surface area contributed by atoms with Crippen molar-refractivity contribution in [3.63, 3.8) is 0 Å². The van der Waals surface area contributed by atoms with Crippen LogP contribution in [0.15, 0.2) is 77.2 Å². The number of ether oxygens (including phenoxy) is 1. The van der Waals surface area contributed by atoms with Gasteiger partial charge in [-0.05, 0) is 41.1 Å². The first-order chi connectivity index (χ1) is 15.4. The third-order valence-electron chi connectivity index (χ3n) is 5.06. The third kappa shape index (κ3) is 3.79. The van der Waals surface area contributed by atoms with Crippen LogP contribution < -0.4 is 10.5 Å². The van der Waals surface area contributed by atoms with Gasteiger partial charge in [0.1, 0.15) is 28.2 Å². The van der Waals surface area contributed by atoms with Crippen molar-refractivity contribution in [1.82, 2.24) is 0 Å². The van der Waals surface area contributed by atoms with E-state index in [0.717, 1.165) is 27.1 Å². The number of amides is 1. The fourth-order valence-electron chi connectivity index (χ4n) is 3.51. The zero-order valence-electron chi connectivity index (χ0n) is 17.0. The van der Waals surface area contributed by atoms with Crippen molar-refractivity contribution >= 4 is 44.6 Å². The van der Waals surface area contributed by atoms with E-state index in [1.165, 1.54) is 19.2 Å². The van der Waals surface area contributed by atoms with E-state index in [-0.39, 0.29) is 11.3 Å². The number of furan rings is 1. The highest BCUT2D eigenvalue weighted by atomic mass is 16.5. The molecule has 0 unspecified atom stereocenters. The van der Waals surface area contributed by atoms with E-state index < -0.39 is 11.9 Å². The number of methoxy groups -OCH3 is 1. The Bertz CT molecular complexity index is 1480. The topological polar surface area (TPSA) is 123 Å². The molecule has 4 aromatic carbocycles. The van der Waals surface area contributed by atoms with Gasteiger partial charge >= 0.3 is 5.97 Å². The SMILES string of the molecule is COc1cc2c(cc1C(N)=O)oc1ccccc12.O=C(O)c1cc2ccccc2cc1O. The molecular weight excluding hydrogens is 410 g/mol. The summed E-state index contributed by atoms with van der Waals surface area (Å²) >= 11 is 0. The number of phenols is 1. The number of aromatic hydroxyl groups is 1. The van der Waals surface area contributed by atoms with E-state index in [9.17, 15) is 14.7 Å². The van der Waals surface area contributed by atoms with Gasteiger partial charge in [0.15, 0.2) is 0 Å². The number of fused-ring (bicyclic) bond motifs is 4. The number of primary amides is 1. The molecule has 5 aromatic rings. The number of benzene rings is 4. The van der Waals surface area contributed by atoms with Crippen molar-refractivity contribution in [2.24, 2.45) is 5.73 Å². The second-order valence-corrected chi connectivity index (χ2v) is 7.03. The first-order valence-electron chi connectivity index (χ1n) is 9.63. The largest absolute Gasteiger partial charge is 0.507 e. The minimum absolute atomic E-state index is 0.0660. The van der Waals surface area contributed by atoms with Gasteiger partial charge in [0.05, 0.1) is 12.7 Å². The van der Waals surface area contributed by atoms with Gasteiger partial charge in [0.25, 0.3) is 5.91 Å². The van der Waals surface area contributed by atoms with E-state index in [1.54, 1.807) is 18.2 Å². The van der Waals surface area contributed by atoms with Crippen LogP contribution in [-0.4, -0.2) is 29.2 Å². The van der Waals surface area contributed by atoms with Crippen molar-refractivity contribution in [3.8, 4) is 11.5 Å². The van der Waals surface area contributed by atoms with E-state index in [4.69, 9.17) is 20.0 Å². The monoisotopic (exact) mass is 429 g/mol. The van der Waals surface area contributed by atoms with Gasteiger partial charge in [0.2, 0.25) is 0 Å². The molecule has 0 aliphatic rings. The smallest absolute Gasteiger partial charge is 0.339 e. The fraction of sp³-hybridized carbons (Fsp3) is 0.0400. The Labute approximate surface area is 182 Å². The number of aromatic carboxylic acids is 1. The van der Waals surface area contributed by atoms with Crippen molar-refractivity contribution in [1.29, 1.82) is 0 Å². The van der Waals surface area contributed by atoms with Gasteiger partial charge in [-0.15, -0.1) is 0 Å². The second-order valence-electron chi connectivity index (χ2n) is 7.03. The number of carboxylic acids is 1. The maximum atomic E-state index is 11.3. The van der Waals surface area contributed by atoms with Crippen molar-refractivity contribution < 1.29 is 29.0 Å². The van der Waals surface area contributed by atoms with Gasteiger partial charge in [-0.1, -0.05) is 42.5 Å². The van der Waals surface area contributed by atoms with Gasteiger partial charge < -0.3 is 25.1 Å². The van der Waals surface area contributed by atoms with Gasteiger partial charge in [-0.3, -0.25) is 4.79 Å². The van der Waals surface area contributed by atoms with E-state index in [2.05, 4.69) is 0 Å². The highest BCUT2D eigenvalue weighted by Gasteiger charge is 2.15. The molecule has 0 aliphatic carbocycles. The van der Waals surface area contributed by atoms with Crippen molar-refractivity contribution in [3.05, 3.63) is 83.9 Å². The molecule has 0 atom stereocenters. The predicted octanol–water partition coefficient (Wildman–Crippen LogP) is 4.94. The second kappa shape index (κ2) is 8.31. The number of hydrogen-bond acceptors (Lipinski definition) is 5. The summed E-state index contributed by atoms with van der Waals surface area (Å²) in [7, 11) is 1.51. The first-order valence-corrected chi connectivity index (χ1v) is 9.63. The molecule has 0 aliphatic heterocycles. The molecule has 7 heteroatoms. The summed E-state index contributed by atoms with van der Waals surface area (Å²) < 4.78 is 10.9. The number of carbonyl (C=O) groups excluding carboxylic acids is 1. The predicted molar refractivity (Wildman–Crippen MR) is 121 cm³/mol. The van der Waals surface area contributed by atoms with Gasteiger partial charge in [0, 0.05) is 10.8 Å². The molecule has 4 N–H and O–H groups in total. The molecule has 1 amide bonds. The lowest BCUT2D eigenvalue weighted by Gasteiger charge is -2.04. The number of nitrogens with two attached hydrogens (primary N) is 1. The number of para-hydroxylation sites is 1. The highest BCUT2D eigenvalue weighted by Crippen LogP contribution is 2.33. The Morgan fingerprint density at radius 2 is 1.50 bits per heavy atom. The zero-order chi connectivity index (χ0) is 22.8. The molecular formula is C25H19NO6. The molecule has 0 saturated heterocycles. The molecule has 1 aromatic heterocycles. The Kier molecular flexibility index (Phi) is 5.39. The molecule has 0 radical (unpaired) electrons. The lowest BCUT2D eigenvalue weighted by Crippen LogP contribution is -2.12. The summed E-state index contributed by atoms with van der Waals surface area (Å²) in [5.74, 6) is -1.39. The number of hydrogen-bond donors (Lipinski definition) is 3. The quantitative estimate of drug-likeness (QED) is 0.373. The number of carbonyl (C=O) groups is 2. The Morgan fingerprint density at radius 1 is 0.844 bits per heavy atom. The Hall–Kier alpha value is -4.52. The fourth-order valence-corrected chi connectivity index (χ4v) is 3.51. The number of rotatable bonds is 3. The van der Waals surface area contributed by atoms with Crippen molar-refractivity contribution in [2.75, 3.05) is 7.11 Å². The molecule has 7 nitrogen and oxygen atoms in total. The molecule has 0 bridgehead atoms. The average molecular weight is 429 g/mol. The third-order valence-corrected chi connectivity index (χ3v) is 5.06. The maximum Gasteiger partial charge on any atom is 0.339 e. The molecule has 0 saturated carbocycles. The lowest BCUT2D eigenvalue weighted by atomic mass is 10.1. The first kappa shape index (κ1) is 20.7. The van der Waals surface area contributed by atoms with Crippen LogP contribution in [0.5, 0.6) is 11.5 Å². The molecule has 1 heterocycles. The summed E-state index contributed by atoms with van der Waals surface area (Å²) in [4.78, 5) is 22.0. The average Bonchev–Trinajstić information content (AvgIpc) is 3.15. The summed E-state index contributed by atoms with van der Waals surface area (Å²) in [5.41, 5.74) is 6.98. The maximum absolute atomic E-state index is 11.3. The standard InChI is InChI=1S/C14H11NO3.C11H8O3/c1-17-12-6-9-8-4-2-3-5-11(8)18-13(9)7-10(12)14(15)16;12-10-6-8-4-2-1-3-7(8)5-9(10)11(13)14/h2-7H,1H3,(H2,15,16);1-6,12H,(H,13,14). The van der Waals surface area contributed by atoms with Crippen LogP contribution in [0.25, 0.3) is 32.7 Å². The van der Waals surface area contributed by atoms with Crippen LogP contribution >= 0.6 is 0 Å². The Balaban J connectivity index is 0.000000158. The lowest BCUT2D eigenvalue weighted by molar-refractivity contribution is 0.0693. The minimum atomic E-state index is -1.12.